The van der Waals surface area contributed by atoms with Gasteiger partial charge in [0.1, 0.15) is 0 Å². The summed E-state index contributed by atoms with van der Waals surface area (Å²) < 4.78 is 0. The number of halogens is 1. The molecule has 1 N–H and O–H groups in total. The van der Waals surface area contributed by atoms with Crippen LogP contribution in [0.4, 0.5) is 11.4 Å². The lowest BCUT2D eigenvalue weighted by Gasteiger charge is -2.33. The molecule has 24 heavy (non-hydrogen) atoms. The predicted molar refractivity (Wildman–Crippen MR) is 102 cm³/mol. The van der Waals surface area contributed by atoms with Crippen molar-refractivity contribution in [1.82, 2.24) is 4.90 Å². The average molecular weight is 346 g/mol. The molecule has 4 nitrogen and oxygen atoms in total. The number of carbonyl (C=O) groups excluding carboxylic acids is 1. The Morgan fingerprint density at radius 2 is 1.83 bits per heavy atom. The van der Waals surface area contributed by atoms with Crippen LogP contribution in [0.25, 0.3) is 0 Å². The Morgan fingerprint density at radius 1 is 1.12 bits per heavy atom. The maximum absolute atomic E-state index is 12.7. The molecule has 0 bridgehead atoms. The average Bonchev–Trinajstić information content (AvgIpc) is 2.61. The number of amides is 1. The van der Waals surface area contributed by atoms with E-state index in [1.807, 2.05) is 42.2 Å². The van der Waals surface area contributed by atoms with Crippen LogP contribution in [0, 0.1) is 0 Å². The maximum Gasteiger partial charge on any atom is 0.242 e. The van der Waals surface area contributed by atoms with E-state index in [-0.39, 0.29) is 18.3 Å². The highest BCUT2D eigenvalue weighted by molar-refractivity contribution is 5.85. The van der Waals surface area contributed by atoms with Crippen molar-refractivity contribution in [3.05, 3.63) is 60.2 Å². The van der Waals surface area contributed by atoms with Gasteiger partial charge in [-0.3, -0.25) is 4.79 Å². The van der Waals surface area contributed by atoms with Gasteiger partial charge in [0.2, 0.25) is 5.91 Å². The molecule has 0 radical (unpaired) electrons. The molecule has 128 valence electrons. The van der Waals surface area contributed by atoms with Crippen molar-refractivity contribution < 1.29 is 4.79 Å². The number of carbonyl (C=O) groups is 1. The van der Waals surface area contributed by atoms with Gasteiger partial charge in [-0.1, -0.05) is 42.5 Å². The molecule has 2 aromatic rings. The highest BCUT2D eigenvalue weighted by Crippen LogP contribution is 2.28. The van der Waals surface area contributed by atoms with E-state index in [2.05, 4.69) is 34.5 Å². The highest BCUT2D eigenvalue weighted by atomic mass is 35.5. The number of hydrogen-bond donors (Lipinski definition) is 1. The smallest absolute Gasteiger partial charge is 0.242 e. The zero-order chi connectivity index (χ0) is 16.1. The minimum Gasteiger partial charge on any atom is -0.382 e. The predicted octanol–water partition coefficient (Wildman–Crippen LogP) is 3.39. The third kappa shape index (κ3) is 4.20. The van der Waals surface area contributed by atoms with Crippen LogP contribution in [-0.2, 0) is 11.3 Å². The zero-order valence-electron chi connectivity index (χ0n) is 13.9. The lowest BCUT2D eigenvalue weighted by Crippen LogP contribution is -2.43. The SMILES string of the molecule is CCN(Cc1ccccc1)C(=O)CN1CCNc2ccccc21.Cl. The largest absolute Gasteiger partial charge is 0.382 e. The molecule has 1 aliphatic heterocycles. The van der Waals surface area contributed by atoms with Crippen molar-refractivity contribution in [3.8, 4) is 0 Å². The molecular formula is C19H24ClN3O. The summed E-state index contributed by atoms with van der Waals surface area (Å²) in [4.78, 5) is 16.8. The van der Waals surface area contributed by atoms with Crippen LogP contribution < -0.4 is 10.2 Å². The topological polar surface area (TPSA) is 35.6 Å². The molecule has 0 saturated carbocycles. The maximum atomic E-state index is 12.7. The Morgan fingerprint density at radius 3 is 2.58 bits per heavy atom. The van der Waals surface area contributed by atoms with E-state index in [9.17, 15) is 4.79 Å². The number of hydrogen-bond acceptors (Lipinski definition) is 3. The van der Waals surface area contributed by atoms with Crippen LogP contribution in [0.15, 0.2) is 54.6 Å². The third-order valence-corrected chi connectivity index (χ3v) is 4.22. The first kappa shape index (κ1) is 18.1. The zero-order valence-corrected chi connectivity index (χ0v) is 14.8. The number of anilines is 2. The van der Waals surface area contributed by atoms with Gasteiger partial charge in [-0.25, -0.2) is 0 Å². The summed E-state index contributed by atoms with van der Waals surface area (Å²) in [5, 5.41) is 3.38. The van der Waals surface area contributed by atoms with Crippen molar-refractivity contribution in [3.63, 3.8) is 0 Å². The fraction of sp³-hybridized carbons (Fsp3) is 0.316. The molecule has 1 heterocycles. The van der Waals surface area contributed by atoms with Gasteiger partial charge in [0, 0.05) is 26.2 Å². The summed E-state index contributed by atoms with van der Waals surface area (Å²) >= 11 is 0. The Balaban J connectivity index is 0.00000208. The third-order valence-electron chi connectivity index (χ3n) is 4.22. The molecule has 0 unspecified atom stereocenters. The van der Waals surface area contributed by atoms with E-state index in [0.717, 1.165) is 31.0 Å². The van der Waals surface area contributed by atoms with Gasteiger partial charge in [-0.05, 0) is 24.6 Å². The molecule has 1 aliphatic rings. The number of fused-ring (bicyclic) bond motifs is 1. The van der Waals surface area contributed by atoms with Crippen molar-refractivity contribution in [1.29, 1.82) is 0 Å². The number of benzene rings is 2. The Labute approximate surface area is 149 Å². The Hall–Kier alpha value is -2.20. The van der Waals surface area contributed by atoms with Crippen molar-refractivity contribution >= 4 is 29.7 Å². The molecule has 0 spiro atoms. The second kappa shape index (κ2) is 8.60. The summed E-state index contributed by atoms with van der Waals surface area (Å²) in [6.07, 6.45) is 0. The van der Waals surface area contributed by atoms with E-state index in [1.54, 1.807) is 0 Å². The van der Waals surface area contributed by atoms with Gasteiger partial charge in [-0.15, -0.1) is 12.4 Å². The molecule has 2 aromatic carbocycles. The van der Waals surface area contributed by atoms with Gasteiger partial charge in [-0.2, -0.15) is 0 Å². The number of nitrogens with zero attached hydrogens (tertiary/aromatic N) is 2. The summed E-state index contributed by atoms with van der Waals surface area (Å²) in [5.74, 6) is 0.174. The standard InChI is InChI=1S/C19H23N3O.ClH/c1-2-21(14-16-8-4-3-5-9-16)19(23)15-22-13-12-20-17-10-6-7-11-18(17)22;/h3-11,20H,2,12-15H2,1H3;1H. The fourth-order valence-electron chi connectivity index (χ4n) is 2.95. The molecule has 0 atom stereocenters. The lowest BCUT2D eigenvalue weighted by molar-refractivity contribution is -0.130. The van der Waals surface area contributed by atoms with Crippen molar-refractivity contribution in [2.24, 2.45) is 0 Å². The molecule has 0 fully saturated rings. The normalized spacial score (nSPS) is 12.6. The van der Waals surface area contributed by atoms with Crippen LogP contribution in [0.2, 0.25) is 0 Å². The lowest BCUT2D eigenvalue weighted by atomic mass is 10.2. The summed E-state index contributed by atoms with van der Waals surface area (Å²) in [6, 6.07) is 18.3. The van der Waals surface area contributed by atoms with E-state index in [4.69, 9.17) is 0 Å². The van der Waals surface area contributed by atoms with Crippen LogP contribution in [-0.4, -0.2) is 37.0 Å². The molecule has 5 heteroatoms. The minimum absolute atomic E-state index is 0. The first-order valence-electron chi connectivity index (χ1n) is 8.17. The van der Waals surface area contributed by atoms with Crippen LogP contribution in [0.3, 0.4) is 0 Å². The number of para-hydroxylation sites is 2. The van der Waals surface area contributed by atoms with Gasteiger partial charge in [0.05, 0.1) is 17.9 Å². The number of likely N-dealkylation sites (N-methyl/N-ethyl adjacent to an activating group) is 1. The van der Waals surface area contributed by atoms with E-state index in [1.165, 1.54) is 5.56 Å². The van der Waals surface area contributed by atoms with Crippen LogP contribution >= 0.6 is 12.4 Å². The molecule has 0 aliphatic carbocycles. The molecular weight excluding hydrogens is 322 g/mol. The second-order valence-corrected chi connectivity index (χ2v) is 5.76. The van der Waals surface area contributed by atoms with E-state index < -0.39 is 0 Å². The summed E-state index contributed by atoms with van der Waals surface area (Å²) in [7, 11) is 0. The van der Waals surface area contributed by atoms with Crippen LogP contribution in [0.5, 0.6) is 0 Å². The Bertz CT molecular complexity index is 663. The number of rotatable bonds is 5. The molecule has 0 saturated heterocycles. The fourth-order valence-corrected chi connectivity index (χ4v) is 2.95. The van der Waals surface area contributed by atoms with Gasteiger partial charge >= 0.3 is 0 Å². The monoisotopic (exact) mass is 345 g/mol. The van der Waals surface area contributed by atoms with Crippen molar-refractivity contribution in [2.45, 2.75) is 13.5 Å². The van der Waals surface area contributed by atoms with Gasteiger partial charge < -0.3 is 15.1 Å². The molecule has 0 aromatic heterocycles. The molecule has 1 amide bonds. The van der Waals surface area contributed by atoms with Crippen LogP contribution in [0.1, 0.15) is 12.5 Å². The number of nitrogens with one attached hydrogen (secondary N) is 1. The highest BCUT2D eigenvalue weighted by Gasteiger charge is 2.21. The second-order valence-electron chi connectivity index (χ2n) is 5.76. The first-order valence-corrected chi connectivity index (χ1v) is 8.17. The Kier molecular flexibility index (Phi) is 6.50. The molecule has 3 rings (SSSR count). The van der Waals surface area contributed by atoms with E-state index >= 15 is 0 Å². The summed E-state index contributed by atoms with van der Waals surface area (Å²) in [5.41, 5.74) is 3.39. The summed E-state index contributed by atoms with van der Waals surface area (Å²) in [6.45, 7) is 5.58. The van der Waals surface area contributed by atoms with E-state index in [0.29, 0.717) is 13.1 Å². The quantitative estimate of drug-likeness (QED) is 0.902. The minimum atomic E-state index is 0. The first-order chi connectivity index (χ1) is 11.3. The van der Waals surface area contributed by atoms with Crippen molar-refractivity contribution in [2.75, 3.05) is 36.4 Å². The van der Waals surface area contributed by atoms with Gasteiger partial charge in [0.25, 0.3) is 0 Å². The van der Waals surface area contributed by atoms with Gasteiger partial charge in [0.15, 0.2) is 0 Å².